The molecule has 0 fully saturated rings. The fraction of sp³-hybridized carbons (Fsp3) is 0.0800. The van der Waals surface area contributed by atoms with Crippen molar-refractivity contribution in [3.8, 4) is 11.5 Å². The van der Waals surface area contributed by atoms with Crippen LogP contribution in [0.1, 0.15) is 37.9 Å². The lowest BCUT2D eigenvalue weighted by atomic mass is 10.0. The van der Waals surface area contributed by atoms with Gasteiger partial charge in [0.2, 0.25) is 0 Å². The summed E-state index contributed by atoms with van der Waals surface area (Å²) in [5.41, 5.74) is 7.70. The molecule has 3 amide bonds. The van der Waals surface area contributed by atoms with Gasteiger partial charge >= 0.3 is 6.03 Å². The van der Waals surface area contributed by atoms with Crippen LogP contribution in [0.25, 0.3) is 5.70 Å². The average Bonchev–Trinajstić information content (AvgIpc) is 3.43. The Morgan fingerprint density at radius 1 is 0.971 bits per heavy atom. The number of aromatic hydroxyl groups is 1. The van der Waals surface area contributed by atoms with E-state index in [0.717, 1.165) is 5.56 Å². The van der Waals surface area contributed by atoms with Crippen LogP contribution in [0.5, 0.6) is 11.5 Å². The number of hydrogen-bond acceptors (Lipinski definition) is 7. The number of phenolic OH excluding ortho intramolecular Hbond substituents is 1. The molecule has 0 bridgehead atoms. The van der Waals surface area contributed by atoms with Crippen LogP contribution >= 0.6 is 0 Å². The predicted molar refractivity (Wildman–Crippen MR) is 126 cm³/mol. The molecule has 0 aromatic heterocycles. The highest BCUT2D eigenvalue weighted by Crippen LogP contribution is 2.48. The number of ether oxygens (including phenoxy) is 1. The maximum absolute atomic E-state index is 13.4. The van der Waals surface area contributed by atoms with E-state index in [1.807, 2.05) is 12.1 Å². The van der Waals surface area contributed by atoms with Crippen molar-refractivity contribution in [3.05, 3.63) is 94.6 Å². The van der Waals surface area contributed by atoms with Crippen molar-refractivity contribution in [1.82, 2.24) is 10.9 Å². The largest absolute Gasteiger partial charge is 0.508 e. The number of methoxy groups -OCH3 is 1. The summed E-state index contributed by atoms with van der Waals surface area (Å²) < 4.78 is 5.19. The molecule has 1 aliphatic carbocycles. The number of nitrogens with one attached hydrogen (secondary N) is 3. The van der Waals surface area contributed by atoms with Crippen molar-refractivity contribution < 1.29 is 24.2 Å². The number of ketones is 1. The first kappa shape index (κ1) is 21.8. The second-order valence-electron chi connectivity index (χ2n) is 7.79. The van der Waals surface area contributed by atoms with Gasteiger partial charge in [-0.05, 0) is 60.2 Å². The van der Waals surface area contributed by atoms with E-state index in [-0.39, 0.29) is 22.8 Å². The molecule has 0 saturated carbocycles. The number of azo groups is 1. The van der Waals surface area contributed by atoms with Gasteiger partial charge in [0.1, 0.15) is 23.2 Å². The molecule has 3 aromatic carbocycles. The molecule has 1 aliphatic heterocycles. The molecule has 174 valence electrons. The van der Waals surface area contributed by atoms with Gasteiger partial charge in [-0.25, -0.2) is 10.2 Å². The molecule has 1 unspecified atom stereocenters. The van der Waals surface area contributed by atoms with Crippen molar-refractivity contribution in [3.63, 3.8) is 0 Å². The molecular weight excluding hydrogens is 450 g/mol. The Hall–Kier alpha value is -4.99. The Bertz CT molecular complexity index is 1410. The molecule has 35 heavy (non-hydrogen) atoms. The lowest BCUT2D eigenvalue weighted by molar-refractivity contribution is 0.0937. The van der Waals surface area contributed by atoms with Crippen LogP contribution in [0, 0.1) is 0 Å². The second kappa shape index (κ2) is 8.75. The van der Waals surface area contributed by atoms with Crippen molar-refractivity contribution >= 4 is 29.1 Å². The number of nitrogens with zero attached hydrogens (tertiary/aromatic N) is 2. The van der Waals surface area contributed by atoms with Crippen LogP contribution in [-0.2, 0) is 0 Å². The van der Waals surface area contributed by atoms with Gasteiger partial charge in [0.15, 0.2) is 5.78 Å². The molecule has 3 aromatic rings. The lowest BCUT2D eigenvalue weighted by Crippen LogP contribution is -2.44. The third-order valence-electron chi connectivity index (χ3n) is 5.70. The van der Waals surface area contributed by atoms with Crippen LogP contribution in [-0.4, -0.2) is 29.9 Å². The molecule has 0 radical (unpaired) electrons. The van der Waals surface area contributed by atoms with Gasteiger partial charge in [0.05, 0.1) is 23.9 Å². The summed E-state index contributed by atoms with van der Waals surface area (Å²) in [6.45, 7) is 0. The summed E-state index contributed by atoms with van der Waals surface area (Å²) >= 11 is 0. The number of amides is 3. The number of anilines is 1. The minimum atomic E-state index is -0.735. The normalized spacial score (nSPS) is 15.5. The van der Waals surface area contributed by atoms with E-state index in [1.54, 1.807) is 37.4 Å². The molecule has 0 spiro atoms. The highest BCUT2D eigenvalue weighted by Gasteiger charge is 2.42. The third kappa shape index (κ3) is 3.97. The average molecular weight is 469 g/mol. The molecule has 10 heteroatoms. The van der Waals surface area contributed by atoms with E-state index < -0.39 is 18.0 Å². The van der Waals surface area contributed by atoms with E-state index in [2.05, 4.69) is 26.4 Å². The van der Waals surface area contributed by atoms with Gasteiger partial charge < -0.3 is 15.2 Å². The van der Waals surface area contributed by atoms with Crippen LogP contribution in [0.3, 0.4) is 0 Å². The Balaban J connectivity index is 1.34. The van der Waals surface area contributed by atoms with E-state index in [0.29, 0.717) is 28.1 Å². The number of urea groups is 1. The number of fused-ring (bicyclic) bond motifs is 3. The zero-order chi connectivity index (χ0) is 24.5. The first-order valence-electron chi connectivity index (χ1n) is 10.6. The molecule has 1 atom stereocenters. The SMILES string of the molecule is COc1ccc(C2=C3C(=O)c4c(NC(=O)NNC(=O)c5ccc(O)cc5)cccc4C3N=N2)cc1. The van der Waals surface area contributed by atoms with E-state index >= 15 is 0 Å². The van der Waals surface area contributed by atoms with Gasteiger partial charge in [-0.15, -0.1) is 0 Å². The highest BCUT2D eigenvalue weighted by atomic mass is 16.5. The highest BCUT2D eigenvalue weighted by molar-refractivity contribution is 6.22. The Labute approximate surface area is 199 Å². The number of Topliss-reactive ketones (excluding diaryl/α,β-unsaturated/α-hetero) is 1. The minimum absolute atomic E-state index is 0.0180. The number of carbonyl (C=O) groups excluding carboxylic acids is 3. The maximum atomic E-state index is 13.4. The number of hydrazine groups is 1. The number of phenols is 1. The summed E-state index contributed by atoms with van der Waals surface area (Å²) in [6, 6.07) is 16.5. The lowest BCUT2D eigenvalue weighted by Gasteiger charge is -2.12. The fourth-order valence-corrected chi connectivity index (χ4v) is 4.01. The molecule has 10 nitrogen and oxygen atoms in total. The smallest absolute Gasteiger partial charge is 0.337 e. The minimum Gasteiger partial charge on any atom is -0.508 e. The zero-order valence-corrected chi connectivity index (χ0v) is 18.4. The number of rotatable bonds is 4. The zero-order valence-electron chi connectivity index (χ0n) is 18.4. The van der Waals surface area contributed by atoms with Crippen molar-refractivity contribution in [1.29, 1.82) is 0 Å². The van der Waals surface area contributed by atoms with Crippen LogP contribution in [0.4, 0.5) is 10.5 Å². The first-order chi connectivity index (χ1) is 17.0. The van der Waals surface area contributed by atoms with Gasteiger partial charge in [0, 0.05) is 11.1 Å². The maximum Gasteiger partial charge on any atom is 0.337 e. The monoisotopic (exact) mass is 469 g/mol. The standard InChI is InChI=1S/C25H19N5O5/c1-35-16-11-7-13(8-12-16)21-20-22(28-27-21)17-3-2-4-18(19(17)23(20)32)26-25(34)30-29-24(33)14-5-9-15(31)10-6-14/h2-12,22,31H,1H3,(H,29,33)(H2,26,30,34). The fourth-order valence-electron chi connectivity index (χ4n) is 4.01. The van der Waals surface area contributed by atoms with Crippen LogP contribution < -0.4 is 20.9 Å². The van der Waals surface area contributed by atoms with E-state index in [4.69, 9.17) is 4.74 Å². The van der Waals surface area contributed by atoms with Gasteiger partial charge in [-0.1, -0.05) is 12.1 Å². The summed E-state index contributed by atoms with van der Waals surface area (Å²) in [5.74, 6) is -0.144. The Morgan fingerprint density at radius 3 is 2.43 bits per heavy atom. The van der Waals surface area contributed by atoms with Crippen molar-refractivity contribution in [2.45, 2.75) is 6.04 Å². The first-order valence-corrected chi connectivity index (χ1v) is 10.6. The number of benzene rings is 3. The van der Waals surface area contributed by atoms with E-state index in [1.165, 1.54) is 24.3 Å². The van der Waals surface area contributed by atoms with Crippen LogP contribution in [0.15, 0.2) is 82.5 Å². The molecule has 2 aliphatic rings. The molecule has 1 heterocycles. The third-order valence-corrected chi connectivity index (χ3v) is 5.70. The van der Waals surface area contributed by atoms with Gasteiger partial charge in [0.25, 0.3) is 5.91 Å². The number of hydrogen-bond donors (Lipinski definition) is 4. The quantitative estimate of drug-likeness (QED) is 0.428. The van der Waals surface area contributed by atoms with Crippen LogP contribution in [0.2, 0.25) is 0 Å². The molecule has 4 N–H and O–H groups in total. The molecular formula is C25H19N5O5. The summed E-state index contributed by atoms with van der Waals surface area (Å²) in [5, 5.41) is 20.5. The second-order valence-corrected chi connectivity index (χ2v) is 7.79. The van der Waals surface area contributed by atoms with Crippen molar-refractivity contribution in [2.75, 3.05) is 12.4 Å². The van der Waals surface area contributed by atoms with Gasteiger partial charge in [-0.3, -0.25) is 15.0 Å². The van der Waals surface area contributed by atoms with E-state index in [9.17, 15) is 19.5 Å². The van der Waals surface area contributed by atoms with Crippen molar-refractivity contribution in [2.24, 2.45) is 10.2 Å². The van der Waals surface area contributed by atoms with Gasteiger partial charge in [-0.2, -0.15) is 10.2 Å². The molecule has 0 saturated heterocycles. The number of carbonyl (C=O) groups is 3. The molecule has 5 rings (SSSR count). The topological polar surface area (TPSA) is 141 Å². The summed E-state index contributed by atoms with van der Waals surface area (Å²) in [4.78, 5) is 38.0. The summed E-state index contributed by atoms with van der Waals surface area (Å²) in [7, 11) is 1.57. The summed E-state index contributed by atoms with van der Waals surface area (Å²) in [6.07, 6.45) is 0. The Morgan fingerprint density at radius 2 is 1.71 bits per heavy atom. The Kier molecular flexibility index (Phi) is 5.46. The predicted octanol–water partition coefficient (Wildman–Crippen LogP) is 3.98.